The first-order valence-corrected chi connectivity index (χ1v) is 10.6. The van der Waals surface area contributed by atoms with Crippen LogP contribution in [0, 0.1) is 0 Å². The molecule has 1 aromatic heterocycles. The monoisotopic (exact) mass is 466 g/mol. The maximum absolute atomic E-state index is 12.5. The van der Waals surface area contributed by atoms with Gasteiger partial charge in [0.05, 0.1) is 7.11 Å². The molecule has 0 atom stereocenters. The lowest BCUT2D eigenvalue weighted by Gasteiger charge is -2.07. The van der Waals surface area contributed by atoms with Gasteiger partial charge in [0.25, 0.3) is 5.91 Å². The van der Waals surface area contributed by atoms with Gasteiger partial charge in [-0.15, -0.1) is 0 Å². The first kappa shape index (κ1) is 23.6. The zero-order valence-electron chi connectivity index (χ0n) is 17.7. The number of fused-ring (bicyclic) bond motifs is 1. The molecule has 1 N–H and O–H groups in total. The number of hydrogen-bond acceptors (Lipinski definition) is 2. The van der Waals surface area contributed by atoms with E-state index in [1.807, 2.05) is 60.7 Å². The Morgan fingerprint density at radius 2 is 1.59 bits per heavy atom. The zero-order valence-corrected chi connectivity index (χ0v) is 19.2. The van der Waals surface area contributed by atoms with E-state index in [-0.39, 0.29) is 18.3 Å². The van der Waals surface area contributed by atoms with Crippen LogP contribution >= 0.6 is 11.6 Å². The van der Waals surface area contributed by atoms with Gasteiger partial charge in [-0.25, -0.2) is 4.57 Å². The Hall–Kier alpha value is -3.08. The van der Waals surface area contributed by atoms with Crippen molar-refractivity contribution in [1.82, 2.24) is 5.32 Å². The highest BCUT2D eigenvalue weighted by molar-refractivity contribution is 6.30. The second-order valence-electron chi connectivity index (χ2n) is 7.44. The second kappa shape index (κ2) is 11.0. The number of ether oxygens (including phenoxy) is 1. The van der Waals surface area contributed by atoms with E-state index in [4.69, 9.17) is 16.3 Å². The highest BCUT2D eigenvalue weighted by atomic mass is 35.5. The summed E-state index contributed by atoms with van der Waals surface area (Å²) in [7, 11) is 1.65. The summed E-state index contributed by atoms with van der Waals surface area (Å²) in [5.41, 5.74) is 3.04. The van der Waals surface area contributed by atoms with Crippen molar-refractivity contribution in [1.29, 1.82) is 0 Å². The van der Waals surface area contributed by atoms with Crippen molar-refractivity contribution < 1.29 is 26.5 Å². The molecule has 4 aromatic rings. The van der Waals surface area contributed by atoms with E-state index in [1.54, 1.807) is 7.11 Å². The molecule has 1 heterocycles. The number of methoxy groups -OCH3 is 1. The van der Waals surface area contributed by atoms with Crippen LogP contribution in [0.15, 0.2) is 85.2 Å². The van der Waals surface area contributed by atoms with Crippen molar-refractivity contribution in [3.05, 3.63) is 107 Å². The van der Waals surface area contributed by atoms with Gasteiger partial charge in [0.2, 0.25) is 0 Å². The molecule has 0 aliphatic rings. The number of nitrogens with one attached hydrogen (secondary N) is 1. The first-order valence-electron chi connectivity index (χ1n) is 10.2. The smallest absolute Gasteiger partial charge is 0.251 e. The fourth-order valence-corrected chi connectivity index (χ4v) is 3.60. The molecule has 6 heteroatoms. The Bertz CT molecular complexity index is 1190. The number of amides is 1. The number of carbonyl (C=O) groups excluding carboxylic acids is 1. The zero-order chi connectivity index (χ0) is 21.6. The molecule has 3 aromatic carbocycles. The summed E-state index contributed by atoms with van der Waals surface area (Å²) >= 11 is 5.94. The van der Waals surface area contributed by atoms with E-state index in [0.29, 0.717) is 12.1 Å². The van der Waals surface area contributed by atoms with Crippen LogP contribution in [0.3, 0.4) is 0 Å². The Labute approximate surface area is 199 Å². The van der Waals surface area contributed by atoms with Gasteiger partial charge in [-0.2, -0.15) is 0 Å². The van der Waals surface area contributed by atoms with E-state index in [0.717, 1.165) is 34.5 Å². The van der Waals surface area contributed by atoms with Gasteiger partial charge in [0, 0.05) is 34.8 Å². The SMILES string of the molecule is COc1ccc2cc(C(=O)NCCc3cc[n+](Cc4ccc(Cl)cc4)cc3)ccc2c1.[Cl-]. The molecular weight excluding hydrogens is 443 g/mol. The molecule has 32 heavy (non-hydrogen) atoms. The lowest BCUT2D eigenvalue weighted by molar-refractivity contribution is -0.688. The molecule has 0 radical (unpaired) electrons. The summed E-state index contributed by atoms with van der Waals surface area (Å²) in [6, 6.07) is 23.6. The fourth-order valence-electron chi connectivity index (χ4n) is 3.48. The standard InChI is InChI=1S/C26H23ClN2O2.ClH/c1-31-25-9-6-21-16-23(5-4-22(21)17-25)26(30)28-13-10-19-11-14-29(15-12-19)18-20-2-7-24(27)8-3-20;/h2-9,11-12,14-17H,10,13,18H2,1H3;1H. The van der Waals surface area contributed by atoms with E-state index in [1.165, 1.54) is 11.1 Å². The molecule has 0 unspecified atom stereocenters. The number of rotatable bonds is 7. The van der Waals surface area contributed by atoms with Crippen LogP contribution in [0.1, 0.15) is 21.5 Å². The van der Waals surface area contributed by atoms with E-state index < -0.39 is 0 Å². The number of benzene rings is 3. The topological polar surface area (TPSA) is 42.2 Å². The van der Waals surface area contributed by atoms with Crippen LogP contribution in [0.5, 0.6) is 5.75 Å². The molecule has 0 aliphatic carbocycles. The molecule has 0 fully saturated rings. The number of halogens is 2. The summed E-state index contributed by atoms with van der Waals surface area (Å²) < 4.78 is 7.37. The molecule has 0 bridgehead atoms. The van der Waals surface area contributed by atoms with Crippen LogP contribution in [-0.4, -0.2) is 19.6 Å². The largest absolute Gasteiger partial charge is 1.00 e. The predicted octanol–water partition coefficient (Wildman–Crippen LogP) is 1.81. The van der Waals surface area contributed by atoms with Gasteiger partial charge in [-0.3, -0.25) is 4.79 Å². The Morgan fingerprint density at radius 1 is 0.906 bits per heavy atom. The average Bonchev–Trinajstić information content (AvgIpc) is 2.81. The van der Waals surface area contributed by atoms with Crippen LogP contribution in [0.4, 0.5) is 0 Å². The maximum Gasteiger partial charge on any atom is 0.251 e. The summed E-state index contributed by atoms with van der Waals surface area (Å²) in [5, 5.41) is 5.82. The lowest BCUT2D eigenvalue weighted by atomic mass is 10.1. The molecule has 0 aliphatic heterocycles. The Kier molecular flexibility index (Phi) is 8.09. The van der Waals surface area contributed by atoms with Gasteiger partial charge in [0.15, 0.2) is 18.9 Å². The van der Waals surface area contributed by atoms with Crippen LogP contribution in [0.2, 0.25) is 5.02 Å². The van der Waals surface area contributed by atoms with E-state index >= 15 is 0 Å². The molecular formula is C26H24Cl2N2O2. The summed E-state index contributed by atoms with van der Waals surface area (Å²) in [6.07, 6.45) is 4.89. The van der Waals surface area contributed by atoms with Gasteiger partial charge >= 0.3 is 0 Å². The Balaban J connectivity index is 0.00000289. The number of aromatic nitrogens is 1. The maximum atomic E-state index is 12.5. The van der Waals surface area contributed by atoms with Crippen LogP contribution in [0.25, 0.3) is 10.8 Å². The summed E-state index contributed by atoms with van der Waals surface area (Å²) in [5.74, 6) is 0.744. The number of carbonyl (C=O) groups is 1. The fraction of sp³-hybridized carbons (Fsp3) is 0.154. The van der Waals surface area contributed by atoms with Crippen LogP contribution < -0.4 is 27.0 Å². The third kappa shape index (κ3) is 6.00. The van der Waals surface area contributed by atoms with Crippen LogP contribution in [-0.2, 0) is 13.0 Å². The molecule has 164 valence electrons. The minimum absolute atomic E-state index is 0. The van der Waals surface area contributed by atoms with Crippen molar-refractivity contribution in [2.24, 2.45) is 0 Å². The van der Waals surface area contributed by atoms with Crippen molar-refractivity contribution in [3.8, 4) is 5.75 Å². The molecule has 4 rings (SSSR count). The van der Waals surface area contributed by atoms with Gasteiger partial charge in [0.1, 0.15) is 5.75 Å². The average molecular weight is 467 g/mol. The van der Waals surface area contributed by atoms with Crippen molar-refractivity contribution in [2.75, 3.05) is 13.7 Å². The molecule has 1 amide bonds. The Morgan fingerprint density at radius 3 is 2.31 bits per heavy atom. The number of hydrogen-bond donors (Lipinski definition) is 1. The second-order valence-corrected chi connectivity index (χ2v) is 7.88. The number of pyridine rings is 1. The van der Waals surface area contributed by atoms with E-state index in [9.17, 15) is 4.79 Å². The molecule has 0 spiro atoms. The van der Waals surface area contributed by atoms with E-state index in [2.05, 4.69) is 34.4 Å². The third-order valence-corrected chi connectivity index (χ3v) is 5.50. The van der Waals surface area contributed by atoms with Gasteiger partial charge in [-0.05, 0) is 59.2 Å². The highest BCUT2D eigenvalue weighted by Gasteiger charge is 2.08. The normalized spacial score (nSPS) is 10.4. The quantitative estimate of drug-likeness (QED) is 0.422. The van der Waals surface area contributed by atoms with Crippen molar-refractivity contribution in [2.45, 2.75) is 13.0 Å². The molecule has 0 saturated carbocycles. The van der Waals surface area contributed by atoms with Gasteiger partial charge in [-0.1, -0.05) is 35.9 Å². The van der Waals surface area contributed by atoms with Gasteiger partial charge < -0.3 is 22.5 Å². The van der Waals surface area contributed by atoms with Crippen molar-refractivity contribution >= 4 is 28.3 Å². The van der Waals surface area contributed by atoms with Crippen molar-refractivity contribution in [3.63, 3.8) is 0 Å². The first-order chi connectivity index (χ1) is 15.1. The molecule has 4 nitrogen and oxygen atoms in total. The lowest BCUT2D eigenvalue weighted by Crippen LogP contribution is -3.00. The highest BCUT2D eigenvalue weighted by Crippen LogP contribution is 2.21. The number of nitrogens with zero attached hydrogens (tertiary/aromatic N) is 1. The summed E-state index contributed by atoms with van der Waals surface area (Å²) in [6.45, 7) is 1.38. The third-order valence-electron chi connectivity index (χ3n) is 5.25. The minimum atomic E-state index is -0.0635. The molecule has 0 saturated heterocycles. The summed E-state index contributed by atoms with van der Waals surface area (Å²) in [4.78, 5) is 12.5. The predicted molar refractivity (Wildman–Crippen MR) is 124 cm³/mol. The minimum Gasteiger partial charge on any atom is -1.00 e.